The first-order valence-corrected chi connectivity index (χ1v) is 8.71. The summed E-state index contributed by atoms with van der Waals surface area (Å²) in [6, 6.07) is 6.33. The molecule has 1 aromatic carbocycles. The van der Waals surface area contributed by atoms with Gasteiger partial charge in [-0.2, -0.15) is 0 Å². The van der Waals surface area contributed by atoms with Crippen LogP contribution < -0.4 is 0 Å². The first-order chi connectivity index (χ1) is 11.1. The van der Waals surface area contributed by atoms with Crippen molar-refractivity contribution in [1.82, 2.24) is 9.80 Å². The SMILES string of the molecule is O=C(CSc1ccc(F)cc1)N1CCC(N2CCOC2=O)CC1. The predicted octanol–water partition coefficient (Wildman–Crippen LogP) is 2.36. The van der Waals surface area contributed by atoms with Crippen molar-refractivity contribution in [3.05, 3.63) is 30.1 Å². The zero-order chi connectivity index (χ0) is 16.2. The highest BCUT2D eigenvalue weighted by Crippen LogP contribution is 2.22. The molecule has 0 radical (unpaired) electrons. The smallest absolute Gasteiger partial charge is 0.410 e. The number of rotatable bonds is 4. The van der Waals surface area contributed by atoms with Gasteiger partial charge in [0.2, 0.25) is 5.91 Å². The van der Waals surface area contributed by atoms with Gasteiger partial charge in [0.05, 0.1) is 12.3 Å². The molecule has 0 atom stereocenters. The number of carbonyl (C=O) groups is 2. The Morgan fingerprint density at radius 2 is 1.91 bits per heavy atom. The Kier molecular flexibility index (Phi) is 5.05. The Labute approximate surface area is 138 Å². The van der Waals surface area contributed by atoms with Crippen molar-refractivity contribution in [3.63, 3.8) is 0 Å². The highest BCUT2D eigenvalue weighted by molar-refractivity contribution is 8.00. The summed E-state index contributed by atoms with van der Waals surface area (Å²) < 4.78 is 17.8. The molecule has 2 saturated heterocycles. The fourth-order valence-corrected chi connectivity index (χ4v) is 3.73. The van der Waals surface area contributed by atoms with E-state index in [0.29, 0.717) is 32.0 Å². The van der Waals surface area contributed by atoms with Gasteiger partial charge in [-0.15, -0.1) is 11.8 Å². The van der Waals surface area contributed by atoms with Crippen molar-refractivity contribution >= 4 is 23.8 Å². The topological polar surface area (TPSA) is 49.9 Å². The Bertz CT molecular complexity index is 573. The molecule has 124 valence electrons. The van der Waals surface area contributed by atoms with E-state index in [-0.39, 0.29) is 23.9 Å². The molecule has 2 aliphatic rings. The molecule has 2 heterocycles. The number of hydrogen-bond donors (Lipinski definition) is 0. The molecule has 0 saturated carbocycles. The van der Waals surface area contributed by atoms with Crippen molar-refractivity contribution in [2.45, 2.75) is 23.8 Å². The zero-order valence-electron chi connectivity index (χ0n) is 12.7. The average Bonchev–Trinajstić information content (AvgIpc) is 3.00. The van der Waals surface area contributed by atoms with E-state index >= 15 is 0 Å². The lowest BCUT2D eigenvalue weighted by atomic mass is 10.0. The summed E-state index contributed by atoms with van der Waals surface area (Å²) in [5.41, 5.74) is 0. The lowest BCUT2D eigenvalue weighted by molar-refractivity contribution is -0.129. The van der Waals surface area contributed by atoms with Gasteiger partial charge < -0.3 is 14.5 Å². The van der Waals surface area contributed by atoms with E-state index in [1.165, 1.54) is 23.9 Å². The van der Waals surface area contributed by atoms with Gasteiger partial charge in [-0.05, 0) is 37.1 Å². The molecular formula is C16H19FN2O3S. The Balaban J connectivity index is 1.44. The highest BCUT2D eigenvalue weighted by atomic mass is 32.2. The average molecular weight is 338 g/mol. The molecular weight excluding hydrogens is 319 g/mol. The fourth-order valence-electron chi connectivity index (χ4n) is 2.93. The van der Waals surface area contributed by atoms with Crippen molar-refractivity contribution < 1.29 is 18.7 Å². The molecule has 0 aliphatic carbocycles. The first-order valence-electron chi connectivity index (χ1n) is 7.73. The predicted molar refractivity (Wildman–Crippen MR) is 84.8 cm³/mol. The minimum atomic E-state index is -0.275. The van der Waals surface area contributed by atoms with E-state index in [2.05, 4.69) is 0 Å². The third-order valence-electron chi connectivity index (χ3n) is 4.23. The number of cyclic esters (lactones) is 1. The minimum absolute atomic E-state index is 0.0850. The minimum Gasteiger partial charge on any atom is -0.448 e. The third-order valence-corrected chi connectivity index (χ3v) is 5.22. The molecule has 2 amide bonds. The first kappa shape index (κ1) is 16.1. The molecule has 0 bridgehead atoms. The monoisotopic (exact) mass is 338 g/mol. The van der Waals surface area contributed by atoms with Crippen LogP contribution in [0.2, 0.25) is 0 Å². The van der Waals surface area contributed by atoms with Crippen LogP contribution in [0.3, 0.4) is 0 Å². The maximum absolute atomic E-state index is 12.8. The second-order valence-corrected chi connectivity index (χ2v) is 6.71. The highest BCUT2D eigenvalue weighted by Gasteiger charge is 2.33. The molecule has 0 spiro atoms. The summed E-state index contributed by atoms with van der Waals surface area (Å²) in [7, 11) is 0. The van der Waals surface area contributed by atoms with Crippen molar-refractivity contribution in [2.75, 3.05) is 32.0 Å². The molecule has 5 nitrogen and oxygen atoms in total. The van der Waals surface area contributed by atoms with E-state index in [1.807, 2.05) is 4.90 Å². The van der Waals surface area contributed by atoms with Gasteiger partial charge in [0.15, 0.2) is 0 Å². The lowest BCUT2D eigenvalue weighted by Crippen LogP contribution is -2.47. The van der Waals surface area contributed by atoms with E-state index in [4.69, 9.17) is 4.74 Å². The second kappa shape index (κ2) is 7.21. The van der Waals surface area contributed by atoms with E-state index in [9.17, 15) is 14.0 Å². The number of benzene rings is 1. The lowest BCUT2D eigenvalue weighted by Gasteiger charge is -2.35. The molecule has 0 N–H and O–H groups in total. The van der Waals surface area contributed by atoms with Gasteiger partial charge in [0.25, 0.3) is 0 Å². The van der Waals surface area contributed by atoms with Crippen LogP contribution in [0.25, 0.3) is 0 Å². The van der Waals surface area contributed by atoms with Gasteiger partial charge in [-0.25, -0.2) is 9.18 Å². The van der Waals surface area contributed by atoms with E-state index in [1.54, 1.807) is 17.0 Å². The number of halogens is 1. The summed E-state index contributed by atoms with van der Waals surface area (Å²) in [5.74, 6) is 0.159. The van der Waals surface area contributed by atoms with Crippen molar-refractivity contribution in [1.29, 1.82) is 0 Å². The van der Waals surface area contributed by atoms with Crippen LogP contribution in [0, 0.1) is 5.82 Å². The molecule has 0 unspecified atom stereocenters. The quantitative estimate of drug-likeness (QED) is 0.791. The summed E-state index contributed by atoms with van der Waals surface area (Å²) in [5, 5.41) is 0. The number of amides is 2. The number of carbonyl (C=O) groups excluding carboxylic acids is 2. The summed E-state index contributed by atoms with van der Waals surface area (Å²) in [6.45, 7) is 2.44. The number of thioether (sulfide) groups is 1. The van der Waals surface area contributed by atoms with Crippen molar-refractivity contribution in [2.24, 2.45) is 0 Å². The summed E-state index contributed by atoms with van der Waals surface area (Å²) in [6.07, 6.45) is 1.35. The van der Waals surface area contributed by atoms with Gasteiger partial charge in [0.1, 0.15) is 12.4 Å². The van der Waals surface area contributed by atoms with Crippen LogP contribution in [0.5, 0.6) is 0 Å². The molecule has 3 rings (SSSR count). The Morgan fingerprint density at radius 1 is 1.22 bits per heavy atom. The van der Waals surface area contributed by atoms with Crippen molar-refractivity contribution in [3.8, 4) is 0 Å². The van der Waals surface area contributed by atoms with Gasteiger partial charge >= 0.3 is 6.09 Å². The molecule has 1 aromatic rings. The van der Waals surface area contributed by atoms with Gasteiger partial charge in [-0.1, -0.05) is 0 Å². The molecule has 0 aromatic heterocycles. The maximum atomic E-state index is 12.8. The van der Waals surface area contributed by atoms with Gasteiger partial charge in [0, 0.05) is 24.0 Å². The maximum Gasteiger partial charge on any atom is 0.410 e. The molecule has 7 heteroatoms. The second-order valence-electron chi connectivity index (χ2n) is 5.66. The van der Waals surface area contributed by atoms with Gasteiger partial charge in [-0.3, -0.25) is 4.79 Å². The van der Waals surface area contributed by atoms with Crippen LogP contribution in [0.15, 0.2) is 29.2 Å². The number of nitrogens with zero attached hydrogens (tertiary/aromatic N) is 2. The molecule has 2 aliphatic heterocycles. The molecule has 23 heavy (non-hydrogen) atoms. The zero-order valence-corrected chi connectivity index (χ0v) is 13.6. The van der Waals surface area contributed by atoms with E-state index in [0.717, 1.165) is 17.7 Å². The van der Waals surface area contributed by atoms with E-state index < -0.39 is 0 Å². The summed E-state index contributed by atoms with van der Waals surface area (Å²) >= 11 is 1.41. The standard InChI is InChI=1S/C16H19FN2O3S/c17-12-1-3-14(4-2-12)23-11-15(20)18-7-5-13(6-8-18)19-9-10-22-16(19)21/h1-4,13H,5-11H2. The van der Waals surface area contributed by atoms with Crippen LogP contribution in [0.1, 0.15) is 12.8 Å². The number of piperidine rings is 1. The largest absolute Gasteiger partial charge is 0.448 e. The number of likely N-dealkylation sites (tertiary alicyclic amines) is 1. The molecule has 2 fully saturated rings. The number of hydrogen-bond acceptors (Lipinski definition) is 4. The van der Waals surface area contributed by atoms with Crippen LogP contribution in [-0.2, 0) is 9.53 Å². The summed E-state index contributed by atoms with van der Waals surface area (Å²) in [4.78, 5) is 28.3. The fraction of sp³-hybridized carbons (Fsp3) is 0.500. The van der Waals surface area contributed by atoms with Crippen LogP contribution in [-0.4, -0.2) is 59.8 Å². The third kappa shape index (κ3) is 3.96. The van der Waals surface area contributed by atoms with Crippen LogP contribution in [0.4, 0.5) is 9.18 Å². The number of ether oxygens (including phenoxy) is 1. The normalized spacial score (nSPS) is 19.1. The van der Waals surface area contributed by atoms with Crippen LogP contribution >= 0.6 is 11.8 Å². The Morgan fingerprint density at radius 3 is 2.52 bits per heavy atom. The Hall–Kier alpha value is -1.76.